The van der Waals surface area contributed by atoms with E-state index in [4.69, 9.17) is 23.8 Å². The zero-order chi connectivity index (χ0) is 23.9. The van der Waals surface area contributed by atoms with Crippen LogP contribution in [0.15, 0.2) is 34.7 Å². The number of carbonyl (C=O) groups is 1. The van der Waals surface area contributed by atoms with Gasteiger partial charge in [0.25, 0.3) is 0 Å². The summed E-state index contributed by atoms with van der Waals surface area (Å²) in [6.45, 7) is 7.46. The summed E-state index contributed by atoms with van der Waals surface area (Å²) in [6.07, 6.45) is -4.11. The molecule has 2 atom stereocenters. The van der Waals surface area contributed by atoms with E-state index in [1.165, 1.54) is 5.56 Å². The van der Waals surface area contributed by atoms with E-state index in [2.05, 4.69) is 50.7 Å². The number of rotatable bonds is 5. The third kappa shape index (κ3) is 7.69. The second kappa shape index (κ2) is 10.9. The number of aromatic nitrogens is 2. The maximum atomic E-state index is 10.6. The Balaban J connectivity index is 0.000000383. The molecule has 2 fully saturated rings. The molecule has 9 nitrogen and oxygen atoms in total. The van der Waals surface area contributed by atoms with Crippen molar-refractivity contribution in [3.05, 3.63) is 41.8 Å². The maximum Gasteiger partial charge on any atom is 0.490 e. The molecule has 4 rings (SSSR count). The van der Waals surface area contributed by atoms with E-state index >= 15 is 0 Å². The summed E-state index contributed by atoms with van der Waals surface area (Å²) in [4.78, 5) is 11.3. The second-order valence-electron chi connectivity index (χ2n) is 8.12. The lowest BCUT2D eigenvalue weighted by atomic mass is 9.94. The van der Waals surface area contributed by atoms with Crippen molar-refractivity contribution in [2.45, 2.75) is 31.7 Å². The third-order valence-electron chi connectivity index (χ3n) is 5.27. The minimum atomic E-state index is -5.08. The minimum absolute atomic E-state index is 0.220. The highest BCUT2D eigenvalue weighted by molar-refractivity contribution is 5.73. The van der Waals surface area contributed by atoms with Crippen LogP contribution in [0.4, 0.5) is 19.2 Å². The van der Waals surface area contributed by atoms with Crippen molar-refractivity contribution in [2.24, 2.45) is 5.92 Å². The summed E-state index contributed by atoms with van der Waals surface area (Å²) in [5.74, 6) is -1.78. The van der Waals surface area contributed by atoms with Crippen molar-refractivity contribution >= 4 is 12.0 Å². The molecule has 1 spiro atoms. The first-order valence-electron chi connectivity index (χ1n) is 10.5. The number of nitrogens with zero attached hydrogens (tertiary/aromatic N) is 3. The van der Waals surface area contributed by atoms with Crippen molar-refractivity contribution in [2.75, 3.05) is 44.8 Å². The average Bonchev–Trinajstić information content (AvgIpc) is 3.30. The van der Waals surface area contributed by atoms with Gasteiger partial charge in [-0.3, -0.25) is 4.90 Å². The number of benzene rings is 1. The van der Waals surface area contributed by atoms with Crippen LogP contribution in [0.3, 0.4) is 0 Å². The number of aryl methyl sites for hydroxylation is 1. The fourth-order valence-corrected chi connectivity index (χ4v) is 3.84. The van der Waals surface area contributed by atoms with Gasteiger partial charge in [0, 0.05) is 39.0 Å². The Labute approximate surface area is 188 Å². The molecular weight excluding hydrogens is 445 g/mol. The molecule has 1 aromatic heterocycles. The van der Waals surface area contributed by atoms with E-state index in [1.54, 1.807) is 6.92 Å². The zero-order valence-corrected chi connectivity index (χ0v) is 18.2. The van der Waals surface area contributed by atoms with Crippen LogP contribution in [0.1, 0.15) is 17.9 Å². The quantitative estimate of drug-likeness (QED) is 0.679. The number of ether oxygens (including phenoxy) is 2. The summed E-state index contributed by atoms with van der Waals surface area (Å²) in [6, 6.07) is 11.1. The molecule has 3 heterocycles. The smallest absolute Gasteiger partial charge is 0.475 e. The van der Waals surface area contributed by atoms with E-state index in [-0.39, 0.29) is 5.60 Å². The monoisotopic (exact) mass is 472 g/mol. The number of hydrogen-bond donors (Lipinski definition) is 2. The number of carboxylic acid groups (broad SMARTS) is 1. The molecule has 0 aliphatic carbocycles. The van der Waals surface area contributed by atoms with Crippen molar-refractivity contribution in [1.82, 2.24) is 15.1 Å². The van der Waals surface area contributed by atoms with Gasteiger partial charge in [-0.1, -0.05) is 35.4 Å². The van der Waals surface area contributed by atoms with E-state index in [0.717, 1.165) is 45.8 Å². The summed E-state index contributed by atoms with van der Waals surface area (Å²) in [5, 5.41) is 18.2. The van der Waals surface area contributed by atoms with Gasteiger partial charge < -0.3 is 24.3 Å². The number of alkyl halides is 3. The fourth-order valence-electron chi connectivity index (χ4n) is 3.84. The Kier molecular flexibility index (Phi) is 8.27. The second-order valence-corrected chi connectivity index (χ2v) is 8.12. The van der Waals surface area contributed by atoms with Gasteiger partial charge in [-0.15, -0.1) is 5.10 Å². The predicted octanol–water partition coefficient (Wildman–Crippen LogP) is 2.73. The van der Waals surface area contributed by atoms with Gasteiger partial charge in [-0.2, -0.15) is 13.2 Å². The van der Waals surface area contributed by atoms with Crippen LogP contribution in [0.2, 0.25) is 0 Å². The predicted molar refractivity (Wildman–Crippen MR) is 111 cm³/mol. The van der Waals surface area contributed by atoms with Crippen LogP contribution in [-0.4, -0.2) is 77.4 Å². The SMILES string of the molecule is Cc1nnc(NCC2COC3(COCCN(Cc4ccccc4)C3)C2)o1.O=C(O)C(F)(F)F. The van der Waals surface area contributed by atoms with E-state index in [1.807, 2.05) is 0 Å². The van der Waals surface area contributed by atoms with Crippen LogP contribution >= 0.6 is 0 Å². The number of nitrogens with one attached hydrogen (secondary N) is 1. The Hall–Kier alpha value is -2.70. The van der Waals surface area contributed by atoms with Crippen LogP contribution in [0.25, 0.3) is 0 Å². The molecule has 2 aromatic rings. The molecule has 0 bridgehead atoms. The third-order valence-corrected chi connectivity index (χ3v) is 5.27. The Morgan fingerprint density at radius 3 is 2.67 bits per heavy atom. The molecule has 0 amide bonds. The highest BCUT2D eigenvalue weighted by atomic mass is 19.4. The first-order chi connectivity index (χ1) is 15.7. The summed E-state index contributed by atoms with van der Waals surface area (Å²) < 4.78 is 49.3. The van der Waals surface area contributed by atoms with E-state index < -0.39 is 12.1 Å². The van der Waals surface area contributed by atoms with Gasteiger partial charge in [-0.05, 0) is 12.0 Å². The molecule has 12 heteroatoms. The molecule has 1 aromatic carbocycles. The topological polar surface area (TPSA) is 110 Å². The van der Waals surface area contributed by atoms with E-state index in [0.29, 0.717) is 24.4 Å². The highest BCUT2D eigenvalue weighted by Crippen LogP contribution is 2.33. The Morgan fingerprint density at radius 2 is 2.03 bits per heavy atom. The zero-order valence-electron chi connectivity index (χ0n) is 18.2. The van der Waals surface area contributed by atoms with Crippen LogP contribution in [0, 0.1) is 12.8 Å². The number of halogens is 3. The number of carboxylic acids is 1. The van der Waals surface area contributed by atoms with Crippen LogP contribution in [0.5, 0.6) is 0 Å². The minimum Gasteiger partial charge on any atom is -0.475 e. The number of anilines is 1. The van der Waals surface area contributed by atoms with Crippen molar-refractivity contribution in [3.8, 4) is 0 Å². The van der Waals surface area contributed by atoms with Crippen LogP contribution < -0.4 is 5.32 Å². The van der Waals surface area contributed by atoms with Gasteiger partial charge >= 0.3 is 18.2 Å². The number of hydrogen-bond acceptors (Lipinski definition) is 8. The molecule has 0 saturated carbocycles. The lowest BCUT2D eigenvalue weighted by Gasteiger charge is -2.31. The highest BCUT2D eigenvalue weighted by Gasteiger charge is 2.43. The molecule has 0 radical (unpaired) electrons. The first-order valence-corrected chi connectivity index (χ1v) is 10.5. The molecule has 2 aliphatic rings. The fraction of sp³-hybridized carbons (Fsp3) is 0.571. The molecule has 2 N–H and O–H groups in total. The first kappa shape index (κ1) is 24.9. The number of aliphatic carboxylic acids is 1. The molecule has 33 heavy (non-hydrogen) atoms. The van der Waals surface area contributed by atoms with Gasteiger partial charge in [-0.25, -0.2) is 4.79 Å². The van der Waals surface area contributed by atoms with Crippen molar-refractivity contribution in [1.29, 1.82) is 0 Å². The van der Waals surface area contributed by atoms with E-state index in [9.17, 15) is 13.2 Å². The summed E-state index contributed by atoms with van der Waals surface area (Å²) >= 11 is 0. The van der Waals surface area contributed by atoms with Gasteiger partial charge in [0.05, 0.1) is 19.8 Å². The average molecular weight is 472 g/mol. The Morgan fingerprint density at radius 1 is 1.30 bits per heavy atom. The maximum absolute atomic E-state index is 10.6. The summed E-state index contributed by atoms with van der Waals surface area (Å²) in [7, 11) is 0. The molecule has 2 saturated heterocycles. The largest absolute Gasteiger partial charge is 0.490 e. The van der Waals surface area contributed by atoms with Gasteiger partial charge in [0.2, 0.25) is 5.89 Å². The normalized spacial score (nSPS) is 23.6. The van der Waals surface area contributed by atoms with Gasteiger partial charge in [0.15, 0.2) is 0 Å². The lowest BCUT2D eigenvalue weighted by molar-refractivity contribution is -0.192. The molecule has 182 valence electrons. The van der Waals surface area contributed by atoms with Crippen molar-refractivity contribution in [3.63, 3.8) is 0 Å². The van der Waals surface area contributed by atoms with Gasteiger partial charge in [0.1, 0.15) is 5.60 Å². The standard InChI is InChI=1S/C19H26N4O3.C2HF3O2/c1-15-21-22-18(26-15)20-10-17-9-19(25-12-17)13-23(7-8-24-14-19)11-16-5-3-2-4-6-16;3-2(4,5)1(6)7/h2-6,17H,7-14H2,1H3,(H,20,22);(H,6,7). The molecular formula is C21H27F3N4O5. The molecule has 2 unspecified atom stereocenters. The lowest BCUT2D eigenvalue weighted by Crippen LogP contribution is -2.43. The molecule has 2 aliphatic heterocycles. The van der Waals surface area contributed by atoms with Crippen LogP contribution in [-0.2, 0) is 20.8 Å². The summed E-state index contributed by atoms with van der Waals surface area (Å²) in [5.41, 5.74) is 1.11. The van der Waals surface area contributed by atoms with Crippen molar-refractivity contribution < 1.29 is 37.0 Å². The Bertz CT molecular complexity index is 896.